The topological polar surface area (TPSA) is 86.2 Å². The van der Waals surface area contributed by atoms with Crippen LogP contribution in [0.15, 0.2) is 0 Å². The predicted octanol–water partition coefficient (Wildman–Crippen LogP) is -3.59. The van der Waals surface area contributed by atoms with E-state index in [9.17, 15) is 0 Å². The van der Waals surface area contributed by atoms with Crippen LogP contribution < -0.4 is 14.7 Å². The molecule has 0 bridgehead atoms. The van der Waals surface area contributed by atoms with Gasteiger partial charge in [-0.05, 0) is 0 Å². The zero-order valence-corrected chi connectivity index (χ0v) is 6.21. The monoisotopic (exact) mass is 150 g/mol. The third kappa shape index (κ3) is 219. The average Bonchev–Trinajstić information content (AvgIpc) is 0.722. The third-order valence-electron chi connectivity index (χ3n) is 0. The Morgan fingerprint density at radius 1 is 1.14 bits per heavy atom. The van der Waals surface area contributed by atoms with Gasteiger partial charge < -0.3 is 19.2 Å². The molecule has 0 saturated heterocycles. The molecule has 0 heterocycles. The molecule has 0 aromatic heterocycles. The minimum absolute atomic E-state index is 0. The Bertz CT molecular complexity index is 57.8. The van der Waals surface area contributed by atoms with E-state index in [1.165, 1.54) is 0 Å². The van der Waals surface area contributed by atoms with Gasteiger partial charge in [-0.1, -0.05) is 0 Å². The summed E-state index contributed by atoms with van der Waals surface area (Å²) in [6, 6.07) is 0. The van der Waals surface area contributed by atoms with Crippen LogP contribution in [0.1, 0.15) is 0 Å². The van der Waals surface area contributed by atoms with E-state index in [4.69, 9.17) is 19.2 Å². The van der Waals surface area contributed by atoms with Crippen LogP contribution in [-0.4, -0.2) is 28.3 Å². The van der Waals surface area contributed by atoms with Crippen LogP contribution in [0.3, 0.4) is 0 Å². The molecule has 0 rings (SSSR count). The van der Waals surface area contributed by atoms with Gasteiger partial charge in [0.1, 0.15) is 0 Å². The van der Waals surface area contributed by atoms with Crippen molar-refractivity contribution in [3.8, 4) is 0 Å². The molecule has 0 unspecified atom stereocenters. The fourth-order valence-corrected chi connectivity index (χ4v) is 0. The summed E-state index contributed by atoms with van der Waals surface area (Å²) in [4.78, 5) is 25.6. The fraction of sp³-hybridized carbons (Fsp3) is 0. The second kappa shape index (κ2) is 5.01. The summed E-state index contributed by atoms with van der Waals surface area (Å²) in [5.41, 5.74) is 0. The molecule has 7 heavy (non-hydrogen) atoms. The van der Waals surface area contributed by atoms with E-state index in [1.54, 1.807) is 0 Å². The molecule has 0 aliphatic carbocycles. The van der Waals surface area contributed by atoms with E-state index in [1.807, 2.05) is 0 Å². The Hall–Kier alpha value is 0.859. The molecule has 0 aromatic rings. The van der Waals surface area contributed by atoms with Crippen molar-refractivity contribution in [3.63, 3.8) is 0 Å². The molecule has 0 saturated carbocycles. The molecule has 0 aliphatic rings. The second-order valence-corrected chi connectivity index (χ2v) is 1.34. The van der Waals surface area contributed by atoms with Gasteiger partial charge in [-0.25, -0.2) is 0 Å². The van der Waals surface area contributed by atoms with E-state index in [0.29, 0.717) is 0 Å². The van der Waals surface area contributed by atoms with Crippen LogP contribution in [0.25, 0.3) is 0 Å². The summed E-state index contributed by atoms with van der Waals surface area (Å²) in [6.45, 7) is 0. The van der Waals surface area contributed by atoms with Crippen molar-refractivity contribution >= 4 is 36.1 Å². The molecule has 0 atom stereocenters. The largest absolute Gasteiger partial charge is 3.00 e. The maximum atomic E-state index is 8.55. The second-order valence-electron chi connectivity index (χ2n) is 0.447. The molecule has 7 heteroatoms. The van der Waals surface area contributed by atoms with E-state index < -0.39 is 7.82 Å². The molecule has 4 radical (unpaired) electrons. The minimum atomic E-state index is -5.39. The van der Waals surface area contributed by atoms with Crippen molar-refractivity contribution in [2.45, 2.75) is 0 Å². The van der Waals surface area contributed by atoms with Gasteiger partial charge in [0.25, 0.3) is 0 Å². The first-order chi connectivity index (χ1) is 2.00. The summed E-state index contributed by atoms with van der Waals surface area (Å²) >= 11 is 0. The van der Waals surface area contributed by atoms with Crippen LogP contribution >= 0.6 is 7.82 Å². The number of rotatable bonds is 0. The van der Waals surface area contributed by atoms with Crippen LogP contribution in [0.5, 0.6) is 0 Å². The van der Waals surface area contributed by atoms with Crippen LogP contribution in [0.2, 0.25) is 0 Å². The van der Waals surface area contributed by atoms with Crippen molar-refractivity contribution in [2.75, 3.05) is 0 Å². The summed E-state index contributed by atoms with van der Waals surface area (Å²) in [6.07, 6.45) is 0. The van der Waals surface area contributed by atoms with Crippen molar-refractivity contribution in [1.29, 1.82) is 0 Å². The first-order valence-electron chi connectivity index (χ1n) is 0.730. The van der Waals surface area contributed by atoms with Gasteiger partial charge in [0.15, 0.2) is 0 Å². The van der Waals surface area contributed by atoms with Gasteiger partial charge in [-0.3, -0.25) is 0 Å². The minimum Gasteiger partial charge on any atom is -0.822 e. The Labute approximate surface area is 56.0 Å². The van der Waals surface area contributed by atoms with E-state index >= 15 is 0 Å². The number of hydrogen-bond donors (Lipinski definition) is 0. The predicted molar refractivity (Wildman–Crippen MR) is 19.1 cm³/mol. The molecule has 0 N–H and O–H groups in total. The van der Waals surface area contributed by atoms with Crippen molar-refractivity contribution in [1.82, 2.24) is 0 Å². The SMILES string of the molecule is O=P([O-])([O-])[O-].[Al+3].[Si]. The quantitative estimate of drug-likeness (QED) is 0.264. The summed E-state index contributed by atoms with van der Waals surface area (Å²) in [7, 11) is -5.39. The molecule has 0 spiro atoms. The van der Waals surface area contributed by atoms with Crippen LogP contribution in [0.4, 0.5) is 0 Å². The first kappa shape index (κ1) is 15.7. The van der Waals surface area contributed by atoms with Crippen molar-refractivity contribution in [2.24, 2.45) is 0 Å². The average molecular weight is 150 g/mol. The van der Waals surface area contributed by atoms with Crippen LogP contribution in [-0.2, 0) is 4.57 Å². The molecule has 0 fully saturated rings. The Morgan fingerprint density at radius 2 is 1.14 bits per heavy atom. The molecule has 0 amide bonds. The maximum absolute atomic E-state index is 8.55. The maximum Gasteiger partial charge on any atom is 3.00 e. The summed E-state index contributed by atoms with van der Waals surface area (Å²) in [5, 5.41) is 0. The fourth-order valence-electron chi connectivity index (χ4n) is 0. The van der Waals surface area contributed by atoms with Gasteiger partial charge >= 0.3 is 17.4 Å². The van der Waals surface area contributed by atoms with E-state index in [0.717, 1.165) is 0 Å². The van der Waals surface area contributed by atoms with Gasteiger partial charge in [-0.15, -0.1) is 0 Å². The summed E-state index contributed by atoms with van der Waals surface area (Å²) in [5.74, 6) is 0. The smallest absolute Gasteiger partial charge is 0.822 e. The zero-order chi connectivity index (χ0) is 4.50. The molecule has 0 aliphatic heterocycles. The van der Waals surface area contributed by atoms with Crippen molar-refractivity contribution in [3.05, 3.63) is 0 Å². The molecule has 36 valence electrons. The van der Waals surface area contributed by atoms with E-state index in [2.05, 4.69) is 0 Å². The molecular formula is AlO4PSi. The van der Waals surface area contributed by atoms with Gasteiger partial charge in [0, 0.05) is 11.0 Å². The third-order valence-corrected chi connectivity index (χ3v) is 0. The van der Waals surface area contributed by atoms with Crippen molar-refractivity contribution < 1.29 is 19.2 Å². The van der Waals surface area contributed by atoms with Gasteiger partial charge in [0.05, 0.1) is 0 Å². The number of hydrogen-bond acceptors (Lipinski definition) is 4. The Kier molecular flexibility index (Phi) is 11.2. The zero-order valence-electron chi connectivity index (χ0n) is 3.16. The molecule has 4 nitrogen and oxygen atoms in total. The summed E-state index contributed by atoms with van der Waals surface area (Å²) < 4.78 is 8.55. The Balaban J connectivity index is -0.0000000800. The van der Waals surface area contributed by atoms with E-state index in [-0.39, 0.29) is 28.3 Å². The molecular weight excluding hydrogens is 150 g/mol. The van der Waals surface area contributed by atoms with Crippen LogP contribution in [0, 0.1) is 0 Å². The van der Waals surface area contributed by atoms with Gasteiger partial charge in [-0.2, -0.15) is 7.82 Å². The van der Waals surface area contributed by atoms with Gasteiger partial charge in [0.2, 0.25) is 0 Å². The Morgan fingerprint density at radius 3 is 1.14 bits per heavy atom. The normalized spacial score (nSPS) is 8.43. The first-order valence-corrected chi connectivity index (χ1v) is 2.19. The molecule has 0 aromatic carbocycles. The standard InChI is InChI=1S/Al.H3O4P.Si/c;1-5(2,3)4;/h;(H3,1,2,3,4);/q+3;;/p-3. The number of phosphoric acid groups is 1.